The van der Waals surface area contributed by atoms with Gasteiger partial charge in [-0.05, 0) is 51.6 Å². The SMILES string of the molecule is CCc1c2ccccc2c(C)c2cccc(CS)c12. The van der Waals surface area contributed by atoms with Crippen LogP contribution >= 0.6 is 12.6 Å². The number of benzene rings is 3. The van der Waals surface area contributed by atoms with Crippen LogP contribution < -0.4 is 0 Å². The molecule has 96 valence electrons. The number of hydrogen-bond donors (Lipinski definition) is 1. The highest BCUT2D eigenvalue weighted by molar-refractivity contribution is 7.79. The van der Waals surface area contributed by atoms with Crippen LogP contribution in [0, 0.1) is 6.92 Å². The minimum Gasteiger partial charge on any atom is -0.175 e. The van der Waals surface area contributed by atoms with Crippen molar-refractivity contribution >= 4 is 34.2 Å². The predicted octanol–water partition coefficient (Wildman–Crippen LogP) is 5.29. The first-order chi connectivity index (χ1) is 9.27. The third-order valence-corrected chi connectivity index (χ3v) is 4.38. The van der Waals surface area contributed by atoms with Crippen molar-refractivity contribution < 1.29 is 0 Å². The van der Waals surface area contributed by atoms with E-state index < -0.39 is 0 Å². The summed E-state index contributed by atoms with van der Waals surface area (Å²) in [5.74, 6) is 0.794. The Morgan fingerprint density at radius 1 is 0.895 bits per heavy atom. The van der Waals surface area contributed by atoms with E-state index in [0.717, 1.165) is 12.2 Å². The monoisotopic (exact) mass is 266 g/mol. The van der Waals surface area contributed by atoms with Crippen LogP contribution in [0.15, 0.2) is 42.5 Å². The maximum absolute atomic E-state index is 4.50. The number of aryl methyl sites for hydroxylation is 2. The minimum absolute atomic E-state index is 0.794. The predicted molar refractivity (Wildman–Crippen MR) is 88.3 cm³/mol. The van der Waals surface area contributed by atoms with Crippen LogP contribution in [-0.2, 0) is 12.2 Å². The molecule has 0 bridgehead atoms. The fourth-order valence-corrected chi connectivity index (χ4v) is 3.38. The third-order valence-electron chi connectivity index (χ3n) is 4.04. The lowest BCUT2D eigenvalue weighted by Gasteiger charge is -2.16. The molecule has 0 amide bonds. The van der Waals surface area contributed by atoms with Crippen molar-refractivity contribution in [3.05, 3.63) is 59.2 Å². The standard InChI is InChI=1S/C18H18S/c1-3-14-17-9-5-4-8-15(17)12(2)16-10-6-7-13(11-19)18(14)16/h4-10,19H,3,11H2,1-2H3. The van der Waals surface area contributed by atoms with E-state index in [1.54, 1.807) is 0 Å². The minimum atomic E-state index is 0.794. The molecule has 0 N–H and O–H groups in total. The molecule has 0 aliphatic heterocycles. The Kier molecular flexibility index (Phi) is 3.24. The summed E-state index contributed by atoms with van der Waals surface area (Å²) in [5, 5.41) is 5.56. The smallest absolute Gasteiger partial charge is 0.0160 e. The van der Waals surface area contributed by atoms with E-state index in [4.69, 9.17) is 0 Å². The van der Waals surface area contributed by atoms with Crippen molar-refractivity contribution in [2.24, 2.45) is 0 Å². The first kappa shape index (κ1) is 12.6. The summed E-state index contributed by atoms with van der Waals surface area (Å²) in [6, 6.07) is 15.3. The van der Waals surface area contributed by atoms with Crippen LogP contribution in [0.3, 0.4) is 0 Å². The van der Waals surface area contributed by atoms with Crippen LogP contribution in [0.2, 0.25) is 0 Å². The maximum Gasteiger partial charge on any atom is 0.0160 e. The average Bonchev–Trinajstić information content (AvgIpc) is 2.47. The molecule has 0 nitrogen and oxygen atoms in total. The van der Waals surface area contributed by atoms with E-state index in [1.807, 2.05) is 0 Å². The summed E-state index contributed by atoms with van der Waals surface area (Å²) in [5.41, 5.74) is 4.18. The molecule has 0 spiro atoms. The van der Waals surface area contributed by atoms with Gasteiger partial charge in [-0.25, -0.2) is 0 Å². The lowest BCUT2D eigenvalue weighted by molar-refractivity contribution is 1.17. The Balaban J connectivity index is 2.62. The zero-order valence-corrected chi connectivity index (χ0v) is 12.3. The fraction of sp³-hybridized carbons (Fsp3) is 0.222. The molecule has 0 aliphatic carbocycles. The number of hydrogen-bond acceptors (Lipinski definition) is 1. The van der Waals surface area contributed by atoms with Crippen LogP contribution in [0.25, 0.3) is 21.5 Å². The van der Waals surface area contributed by atoms with Crippen molar-refractivity contribution in [3.63, 3.8) is 0 Å². The topological polar surface area (TPSA) is 0 Å². The van der Waals surface area contributed by atoms with Gasteiger partial charge in [-0.15, -0.1) is 0 Å². The molecule has 0 aromatic heterocycles. The molecule has 0 saturated carbocycles. The van der Waals surface area contributed by atoms with Gasteiger partial charge in [0.05, 0.1) is 0 Å². The molecule has 0 heterocycles. The second-order valence-corrected chi connectivity index (χ2v) is 5.32. The van der Waals surface area contributed by atoms with Gasteiger partial charge in [-0.3, -0.25) is 0 Å². The molecule has 1 heteroatoms. The van der Waals surface area contributed by atoms with Crippen molar-refractivity contribution in [1.29, 1.82) is 0 Å². The number of thiol groups is 1. The third kappa shape index (κ3) is 1.84. The van der Waals surface area contributed by atoms with Crippen molar-refractivity contribution in [2.45, 2.75) is 26.0 Å². The number of fused-ring (bicyclic) bond motifs is 2. The van der Waals surface area contributed by atoms with Crippen LogP contribution in [-0.4, -0.2) is 0 Å². The van der Waals surface area contributed by atoms with E-state index in [1.165, 1.54) is 38.2 Å². The molecule has 3 aromatic carbocycles. The summed E-state index contributed by atoms with van der Waals surface area (Å²) < 4.78 is 0. The van der Waals surface area contributed by atoms with Crippen molar-refractivity contribution in [2.75, 3.05) is 0 Å². The van der Waals surface area contributed by atoms with Gasteiger partial charge in [0.15, 0.2) is 0 Å². The summed E-state index contributed by atoms with van der Waals surface area (Å²) >= 11 is 4.50. The Bertz CT molecular complexity index is 756. The highest BCUT2D eigenvalue weighted by atomic mass is 32.1. The molecule has 0 atom stereocenters. The Labute approximate surface area is 119 Å². The normalized spacial score (nSPS) is 11.3. The van der Waals surface area contributed by atoms with Gasteiger partial charge in [0.2, 0.25) is 0 Å². The molecule has 0 unspecified atom stereocenters. The lowest BCUT2D eigenvalue weighted by atomic mass is 9.89. The van der Waals surface area contributed by atoms with Crippen LogP contribution in [0.5, 0.6) is 0 Å². The summed E-state index contributed by atoms with van der Waals surface area (Å²) in [7, 11) is 0. The van der Waals surface area contributed by atoms with Crippen LogP contribution in [0.4, 0.5) is 0 Å². The van der Waals surface area contributed by atoms with Gasteiger partial charge in [0, 0.05) is 5.75 Å². The summed E-state index contributed by atoms with van der Waals surface area (Å²) in [4.78, 5) is 0. The molecule has 0 fully saturated rings. The van der Waals surface area contributed by atoms with Gasteiger partial charge < -0.3 is 0 Å². The quantitative estimate of drug-likeness (QED) is 0.472. The molecule has 19 heavy (non-hydrogen) atoms. The second-order valence-electron chi connectivity index (χ2n) is 5.00. The maximum atomic E-state index is 4.50. The first-order valence-electron chi connectivity index (χ1n) is 6.80. The Morgan fingerprint density at radius 2 is 1.58 bits per heavy atom. The van der Waals surface area contributed by atoms with E-state index >= 15 is 0 Å². The van der Waals surface area contributed by atoms with Gasteiger partial charge >= 0.3 is 0 Å². The summed E-state index contributed by atoms with van der Waals surface area (Å²) in [6.07, 6.45) is 1.06. The highest BCUT2D eigenvalue weighted by Gasteiger charge is 2.12. The zero-order valence-electron chi connectivity index (χ0n) is 11.4. The van der Waals surface area contributed by atoms with Gasteiger partial charge in [0.25, 0.3) is 0 Å². The molecule has 0 saturated heterocycles. The van der Waals surface area contributed by atoms with Crippen LogP contribution in [0.1, 0.15) is 23.6 Å². The highest BCUT2D eigenvalue weighted by Crippen LogP contribution is 2.35. The first-order valence-corrected chi connectivity index (χ1v) is 7.43. The van der Waals surface area contributed by atoms with Gasteiger partial charge in [0.1, 0.15) is 0 Å². The zero-order chi connectivity index (χ0) is 13.4. The lowest BCUT2D eigenvalue weighted by Crippen LogP contribution is -1.94. The number of rotatable bonds is 2. The second kappa shape index (κ2) is 4.90. The van der Waals surface area contributed by atoms with E-state index in [-0.39, 0.29) is 0 Å². The van der Waals surface area contributed by atoms with E-state index in [9.17, 15) is 0 Å². The molecule has 0 aliphatic rings. The molecule has 3 aromatic rings. The van der Waals surface area contributed by atoms with E-state index in [2.05, 4.69) is 68.9 Å². The Morgan fingerprint density at radius 3 is 2.26 bits per heavy atom. The largest absolute Gasteiger partial charge is 0.175 e. The Hall–Kier alpha value is -1.47. The molecule has 3 rings (SSSR count). The van der Waals surface area contributed by atoms with Crippen molar-refractivity contribution in [3.8, 4) is 0 Å². The van der Waals surface area contributed by atoms with Crippen molar-refractivity contribution in [1.82, 2.24) is 0 Å². The summed E-state index contributed by atoms with van der Waals surface area (Å²) in [6.45, 7) is 4.47. The van der Waals surface area contributed by atoms with E-state index in [0.29, 0.717) is 0 Å². The fourth-order valence-electron chi connectivity index (χ4n) is 3.12. The molecular weight excluding hydrogens is 248 g/mol. The van der Waals surface area contributed by atoms with Gasteiger partial charge in [-0.2, -0.15) is 12.6 Å². The molecular formula is C18H18S. The average molecular weight is 266 g/mol. The molecule has 0 radical (unpaired) electrons. The van der Waals surface area contributed by atoms with Gasteiger partial charge in [-0.1, -0.05) is 49.4 Å².